The number of rotatable bonds is 6. The zero-order valence-corrected chi connectivity index (χ0v) is 13.0. The molecule has 1 rings (SSSR count). The molecule has 0 atom stereocenters. The zero-order chi connectivity index (χ0) is 14.6. The second kappa shape index (κ2) is 6.33. The van der Waals surface area contributed by atoms with E-state index in [1.165, 1.54) is 6.07 Å². The van der Waals surface area contributed by atoms with Crippen LogP contribution in [-0.4, -0.2) is 31.4 Å². The van der Waals surface area contributed by atoms with Crippen LogP contribution in [0.25, 0.3) is 0 Å². The predicted molar refractivity (Wildman–Crippen MR) is 78.4 cm³/mol. The van der Waals surface area contributed by atoms with E-state index in [0.717, 1.165) is 0 Å². The highest BCUT2D eigenvalue weighted by atomic mass is 79.9. The molecule has 6 nitrogen and oxygen atoms in total. The van der Waals surface area contributed by atoms with Crippen molar-refractivity contribution in [2.45, 2.75) is 13.8 Å². The van der Waals surface area contributed by atoms with Gasteiger partial charge in [0.15, 0.2) is 9.84 Å². The minimum atomic E-state index is -3.02. The maximum atomic E-state index is 11.3. The minimum absolute atomic E-state index is 0.0265. The van der Waals surface area contributed by atoms with Crippen molar-refractivity contribution in [3.05, 3.63) is 32.3 Å². The molecule has 0 heterocycles. The van der Waals surface area contributed by atoms with Crippen molar-refractivity contribution in [3.8, 4) is 0 Å². The summed E-state index contributed by atoms with van der Waals surface area (Å²) in [6.07, 6.45) is 0. The Morgan fingerprint density at radius 1 is 1.42 bits per heavy atom. The SMILES string of the molecule is CCS(=O)(=O)CCNc1cc(C)c([N+](=O)[O-])cc1Br. The summed E-state index contributed by atoms with van der Waals surface area (Å²) >= 11 is 3.23. The quantitative estimate of drug-likeness (QED) is 0.628. The predicted octanol–water partition coefficient (Wildman–Crippen LogP) is 2.51. The highest BCUT2D eigenvalue weighted by Crippen LogP contribution is 2.30. The van der Waals surface area contributed by atoms with Gasteiger partial charge in [-0.3, -0.25) is 10.1 Å². The van der Waals surface area contributed by atoms with E-state index in [1.54, 1.807) is 19.9 Å². The van der Waals surface area contributed by atoms with Crippen LogP contribution >= 0.6 is 15.9 Å². The molecule has 0 spiro atoms. The molecule has 0 fully saturated rings. The van der Waals surface area contributed by atoms with Gasteiger partial charge >= 0.3 is 0 Å². The summed E-state index contributed by atoms with van der Waals surface area (Å²) in [7, 11) is -3.02. The number of anilines is 1. The van der Waals surface area contributed by atoms with Crippen molar-refractivity contribution < 1.29 is 13.3 Å². The van der Waals surface area contributed by atoms with E-state index in [9.17, 15) is 18.5 Å². The zero-order valence-electron chi connectivity index (χ0n) is 10.6. The first kappa shape index (κ1) is 15.9. The standard InChI is InChI=1S/C11H15BrN2O4S/c1-3-19(17,18)5-4-13-10-6-8(2)11(14(15)16)7-9(10)12/h6-7,13H,3-5H2,1-2H3. The first-order valence-electron chi connectivity index (χ1n) is 5.65. The summed E-state index contributed by atoms with van der Waals surface area (Å²) in [5.41, 5.74) is 1.20. The van der Waals surface area contributed by atoms with Gasteiger partial charge in [0.2, 0.25) is 0 Å². The summed E-state index contributed by atoms with van der Waals surface area (Å²) < 4.78 is 23.2. The second-order valence-electron chi connectivity index (χ2n) is 4.04. The molecule has 0 aliphatic carbocycles. The Hall–Kier alpha value is -1.15. The molecule has 0 saturated carbocycles. The van der Waals surface area contributed by atoms with Crippen molar-refractivity contribution in [2.75, 3.05) is 23.4 Å². The van der Waals surface area contributed by atoms with Gasteiger partial charge in [0.1, 0.15) is 0 Å². The average Bonchev–Trinajstić information content (AvgIpc) is 2.32. The molecule has 0 bridgehead atoms. The molecule has 0 aromatic heterocycles. The van der Waals surface area contributed by atoms with Crippen molar-refractivity contribution >= 4 is 37.1 Å². The van der Waals surface area contributed by atoms with Gasteiger partial charge in [-0.1, -0.05) is 6.92 Å². The summed E-state index contributed by atoms with van der Waals surface area (Å²) in [5, 5.41) is 13.7. The Kier molecular flexibility index (Phi) is 5.30. The van der Waals surface area contributed by atoms with Crippen molar-refractivity contribution in [1.29, 1.82) is 0 Å². The van der Waals surface area contributed by atoms with Crippen LogP contribution in [0.4, 0.5) is 11.4 Å². The topological polar surface area (TPSA) is 89.3 Å². The normalized spacial score (nSPS) is 11.3. The van der Waals surface area contributed by atoms with E-state index in [4.69, 9.17) is 0 Å². The molecule has 106 valence electrons. The Bertz CT molecular complexity index is 587. The fourth-order valence-corrected chi connectivity index (χ4v) is 2.66. The maximum absolute atomic E-state index is 11.3. The molecule has 0 saturated heterocycles. The second-order valence-corrected chi connectivity index (χ2v) is 7.37. The summed E-state index contributed by atoms with van der Waals surface area (Å²) in [6.45, 7) is 3.51. The van der Waals surface area contributed by atoms with Gasteiger partial charge in [-0.15, -0.1) is 0 Å². The average molecular weight is 351 g/mol. The number of nitrogens with zero attached hydrogens (tertiary/aromatic N) is 1. The van der Waals surface area contributed by atoms with E-state index in [2.05, 4.69) is 21.2 Å². The number of hydrogen-bond donors (Lipinski definition) is 1. The van der Waals surface area contributed by atoms with Crippen LogP contribution in [0.3, 0.4) is 0 Å². The third kappa shape index (κ3) is 4.46. The molecule has 0 amide bonds. The lowest BCUT2D eigenvalue weighted by atomic mass is 10.2. The minimum Gasteiger partial charge on any atom is -0.383 e. The van der Waals surface area contributed by atoms with E-state index in [1.807, 2.05) is 0 Å². The third-order valence-corrected chi connectivity index (χ3v) is 5.01. The molecule has 0 aliphatic rings. The molecule has 8 heteroatoms. The van der Waals surface area contributed by atoms with E-state index < -0.39 is 14.8 Å². The summed E-state index contributed by atoms with van der Waals surface area (Å²) in [4.78, 5) is 10.3. The molecule has 1 N–H and O–H groups in total. The lowest BCUT2D eigenvalue weighted by Crippen LogP contribution is -2.17. The Balaban J connectivity index is 2.81. The lowest BCUT2D eigenvalue weighted by molar-refractivity contribution is -0.385. The van der Waals surface area contributed by atoms with Crippen molar-refractivity contribution in [2.24, 2.45) is 0 Å². The van der Waals surface area contributed by atoms with Crippen LogP contribution in [-0.2, 0) is 9.84 Å². The van der Waals surface area contributed by atoms with Crippen LogP contribution < -0.4 is 5.32 Å². The van der Waals surface area contributed by atoms with Crippen LogP contribution in [0.2, 0.25) is 0 Å². The Labute approximate surface area is 120 Å². The van der Waals surface area contributed by atoms with Crippen LogP contribution in [0.5, 0.6) is 0 Å². The van der Waals surface area contributed by atoms with E-state index in [0.29, 0.717) is 15.7 Å². The van der Waals surface area contributed by atoms with Gasteiger partial charge in [-0.2, -0.15) is 0 Å². The molecule has 0 unspecified atom stereocenters. The third-order valence-electron chi connectivity index (χ3n) is 2.65. The van der Waals surface area contributed by atoms with E-state index in [-0.39, 0.29) is 23.7 Å². The number of hydrogen-bond acceptors (Lipinski definition) is 5. The number of sulfone groups is 1. The fourth-order valence-electron chi connectivity index (χ4n) is 1.49. The summed E-state index contributed by atoms with van der Waals surface area (Å²) in [6, 6.07) is 3.03. The van der Waals surface area contributed by atoms with Crippen molar-refractivity contribution in [1.82, 2.24) is 0 Å². The maximum Gasteiger partial charge on any atom is 0.273 e. The van der Waals surface area contributed by atoms with Gasteiger partial charge < -0.3 is 5.32 Å². The fraction of sp³-hybridized carbons (Fsp3) is 0.455. The molecule has 1 aromatic carbocycles. The highest BCUT2D eigenvalue weighted by Gasteiger charge is 2.14. The molecule has 19 heavy (non-hydrogen) atoms. The smallest absolute Gasteiger partial charge is 0.273 e. The van der Waals surface area contributed by atoms with Gasteiger partial charge in [-0.05, 0) is 28.9 Å². The van der Waals surface area contributed by atoms with Gasteiger partial charge in [0, 0.05) is 34.1 Å². The Morgan fingerprint density at radius 2 is 2.05 bits per heavy atom. The molecule has 0 aliphatic heterocycles. The number of nitro groups is 1. The monoisotopic (exact) mass is 350 g/mol. The van der Waals surface area contributed by atoms with E-state index >= 15 is 0 Å². The number of benzene rings is 1. The van der Waals surface area contributed by atoms with Gasteiger partial charge in [0.05, 0.1) is 10.7 Å². The van der Waals surface area contributed by atoms with Crippen LogP contribution in [0.1, 0.15) is 12.5 Å². The van der Waals surface area contributed by atoms with Gasteiger partial charge in [0.25, 0.3) is 5.69 Å². The van der Waals surface area contributed by atoms with Crippen LogP contribution in [0.15, 0.2) is 16.6 Å². The number of nitro benzene ring substituents is 1. The first-order chi connectivity index (χ1) is 8.76. The van der Waals surface area contributed by atoms with Gasteiger partial charge in [-0.25, -0.2) is 8.42 Å². The number of aryl methyl sites for hydroxylation is 1. The Morgan fingerprint density at radius 3 is 2.58 bits per heavy atom. The highest BCUT2D eigenvalue weighted by molar-refractivity contribution is 9.10. The molecule has 0 radical (unpaired) electrons. The molecular formula is C11H15BrN2O4S. The molecule has 1 aromatic rings. The van der Waals surface area contributed by atoms with Crippen molar-refractivity contribution in [3.63, 3.8) is 0 Å². The first-order valence-corrected chi connectivity index (χ1v) is 8.27. The molecular weight excluding hydrogens is 336 g/mol. The number of nitrogens with one attached hydrogen (secondary N) is 1. The summed E-state index contributed by atoms with van der Waals surface area (Å²) in [5.74, 6) is 0.140. The lowest BCUT2D eigenvalue weighted by Gasteiger charge is -2.09. The largest absolute Gasteiger partial charge is 0.383 e. The van der Waals surface area contributed by atoms with Crippen LogP contribution in [0, 0.1) is 17.0 Å². The number of halogens is 1.